The average Bonchev–Trinajstić information content (AvgIpc) is 2.77. The molecule has 0 amide bonds. The van der Waals surface area contributed by atoms with Gasteiger partial charge in [-0.15, -0.1) is 0 Å². The van der Waals surface area contributed by atoms with E-state index in [9.17, 15) is 0 Å². The maximum atomic E-state index is 6.38. The van der Waals surface area contributed by atoms with Crippen molar-refractivity contribution in [1.82, 2.24) is 9.55 Å². The van der Waals surface area contributed by atoms with E-state index >= 15 is 0 Å². The number of halogens is 1. The van der Waals surface area contributed by atoms with Gasteiger partial charge in [0.1, 0.15) is 4.60 Å². The highest BCUT2D eigenvalue weighted by atomic mass is 79.9. The summed E-state index contributed by atoms with van der Waals surface area (Å²) >= 11 is 3.65. The third-order valence-corrected chi connectivity index (χ3v) is 5.57. The minimum Gasteiger partial charge on any atom is -0.519 e. The van der Waals surface area contributed by atoms with Gasteiger partial charge >= 0.3 is 0 Å². The Morgan fingerprint density at radius 3 is 2.83 bits per heavy atom. The summed E-state index contributed by atoms with van der Waals surface area (Å²) in [7, 11) is 0.346. The van der Waals surface area contributed by atoms with Gasteiger partial charge in [-0.1, -0.05) is 0 Å². The Labute approximate surface area is 116 Å². The van der Waals surface area contributed by atoms with Crippen LogP contribution in [0.1, 0.15) is 18.5 Å². The van der Waals surface area contributed by atoms with Crippen molar-refractivity contribution in [3.63, 3.8) is 0 Å². The minimum absolute atomic E-state index is 0.0802. The van der Waals surface area contributed by atoms with E-state index in [1.54, 1.807) is 0 Å². The molecule has 2 bridgehead atoms. The number of hydrogen-bond acceptors (Lipinski definition) is 2. The van der Waals surface area contributed by atoms with E-state index in [1.165, 1.54) is 36.9 Å². The number of hydrogen-bond donors (Lipinski definition) is 0. The summed E-state index contributed by atoms with van der Waals surface area (Å²) < 4.78 is 11.2. The number of aryl methyl sites for hydroxylation is 1. The summed E-state index contributed by atoms with van der Waals surface area (Å²) in [6, 6.07) is 0.847. The number of aromatic nitrogens is 2. The fourth-order valence-electron chi connectivity index (χ4n) is 3.65. The van der Waals surface area contributed by atoms with Crippen LogP contribution in [0.15, 0.2) is 4.60 Å². The molecule has 0 radical (unpaired) electrons. The third kappa shape index (κ3) is 1.33. The summed E-state index contributed by atoms with van der Waals surface area (Å²) in [5.74, 6) is 0.754. The van der Waals surface area contributed by atoms with Gasteiger partial charge in [0.25, 0.3) is 6.01 Å². The number of piperidine rings is 3. The van der Waals surface area contributed by atoms with Gasteiger partial charge in [-0.05, 0) is 35.7 Å². The Bertz CT molecular complexity index is 524. The Morgan fingerprint density at radius 1 is 1.50 bits per heavy atom. The highest BCUT2D eigenvalue weighted by Gasteiger charge is 2.56. The molecule has 6 heteroatoms. The predicted molar refractivity (Wildman–Crippen MR) is 75.5 cm³/mol. The molecule has 1 spiro atoms. The average molecular weight is 312 g/mol. The van der Waals surface area contributed by atoms with Gasteiger partial charge in [-0.3, -0.25) is 4.57 Å². The van der Waals surface area contributed by atoms with Crippen LogP contribution in [-0.2, 0) is 6.54 Å². The Hall–Kier alpha value is -0.485. The molecule has 98 valence electrons. The van der Waals surface area contributed by atoms with E-state index in [1.807, 2.05) is 6.92 Å². The highest BCUT2D eigenvalue weighted by molar-refractivity contribution is 9.10. The van der Waals surface area contributed by atoms with Crippen LogP contribution in [0.3, 0.4) is 0 Å². The summed E-state index contributed by atoms with van der Waals surface area (Å²) in [4.78, 5) is 4.55. The molecule has 0 saturated carbocycles. The topological polar surface area (TPSA) is 27.1 Å². The molecule has 3 saturated heterocycles. The minimum atomic E-state index is 0.0802. The van der Waals surface area contributed by atoms with Crippen LogP contribution in [0.5, 0.6) is 6.01 Å². The number of nitrogens with zero attached hydrogens (tertiary/aromatic N) is 3. The van der Waals surface area contributed by atoms with E-state index in [4.69, 9.17) is 4.74 Å². The Balaban J connectivity index is 1.72. The first-order valence-corrected chi connectivity index (χ1v) is 7.11. The van der Waals surface area contributed by atoms with E-state index in [0.717, 1.165) is 28.8 Å². The van der Waals surface area contributed by atoms with Crippen molar-refractivity contribution < 1.29 is 9.13 Å². The first-order valence-electron chi connectivity index (χ1n) is 6.32. The molecule has 4 nitrogen and oxygen atoms in total. The first kappa shape index (κ1) is 11.4. The van der Waals surface area contributed by atoms with Crippen molar-refractivity contribution in [3.05, 3.63) is 10.3 Å². The molecule has 1 unspecified atom stereocenters. The molecule has 3 fully saturated rings. The van der Waals surface area contributed by atoms with Gasteiger partial charge in [0.15, 0.2) is 13.6 Å². The van der Waals surface area contributed by atoms with Crippen LogP contribution in [0.2, 0.25) is 0 Å². The van der Waals surface area contributed by atoms with Crippen molar-refractivity contribution in [2.24, 2.45) is 5.92 Å². The number of rotatable bonds is 0. The molecule has 0 aromatic carbocycles. The van der Waals surface area contributed by atoms with Crippen LogP contribution in [-0.4, -0.2) is 47.2 Å². The van der Waals surface area contributed by atoms with Crippen LogP contribution >= 0.6 is 15.9 Å². The summed E-state index contributed by atoms with van der Waals surface area (Å²) in [5.41, 5.74) is 1.12. The number of fused-ring (bicyclic) bond motifs is 3. The second kappa shape index (κ2) is 3.34. The first-order chi connectivity index (χ1) is 8.51. The maximum absolute atomic E-state index is 6.38. The predicted octanol–water partition coefficient (Wildman–Crippen LogP) is 0.606. The SMILES string of the molecule is [BH3-][N+]12CCC(CC1)C1(Cn3c(nc(C)c3Br)O1)C2. The zero-order valence-corrected chi connectivity index (χ0v) is 11.5. The zero-order valence-electron chi connectivity index (χ0n) is 9.95. The third-order valence-electron chi connectivity index (χ3n) is 4.57. The van der Waals surface area contributed by atoms with E-state index in [2.05, 4.69) is 25.5 Å². The van der Waals surface area contributed by atoms with Crippen molar-refractivity contribution in [1.29, 1.82) is 0 Å². The molecular weight excluding hydrogens is 293 g/mol. The number of ether oxygens (including phenoxy) is 1. The Kier molecular flexibility index (Phi) is 2.10. The lowest BCUT2D eigenvalue weighted by Gasteiger charge is -2.60. The highest BCUT2D eigenvalue weighted by Crippen LogP contribution is 2.47. The van der Waals surface area contributed by atoms with Crippen LogP contribution in [0, 0.1) is 12.8 Å². The fourth-order valence-corrected chi connectivity index (χ4v) is 4.01. The van der Waals surface area contributed by atoms with Crippen molar-refractivity contribution in [2.75, 3.05) is 19.6 Å². The molecule has 5 heterocycles. The molecule has 4 aliphatic heterocycles. The molecule has 1 aromatic heterocycles. The van der Waals surface area contributed by atoms with E-state index in [0.29, 0.717) is 7.98 Å². The molecule has 0 N–H and O–H groups in total. The summed E-state index contributed by atoms with van der Waals surface area (Å²) in [5, 5.41) is 0. The van der Waals surface area contributed by atoms with Crippen molar-refractivity contribution in [3.8, 4) is 6.01 Å². The van der Waals surface area contributed by atoms with Gasteiger partial charge in [0.05, 0.1) is 18.8 Å². The maximum Gasteiger partial charge on any atom is 0.298 e. The zero-order chi connectivity index (χ0) is 12.5. The molecule has 1 atom stereocenters. The lowest BCUT2D eigenvalue weighted by molar-refractivity contribution is -0.845. The largest absolute Gasteiger partial charge is 0.519 e. The smallest absolute Gasteiger partial charge is 0.298 e. The molecule has 1 aromatic rings. The lowest BCUT2D eigenvalue weighted by atomic mass is 9.72. The van der Waals surface area contributed by atoms with Crippen LogP contribution in [0.4, 0.5) is 0 Å². The second-order valence-electron chi connectivity index (χ2n) is 5.57. The van der Waals surface area contributed by atoms with Crippen LogP contribution in [0.25, 0.3) is 0 Å². The van der Waals surface area contributed by atoms with Gasteiger partial charge < -0.3 is 9.13 Å². The summed E-state index contributed by atoms with van der Waals surface area (Å²) in [6.07, 6.45) is 2.73. The number of quaternary nitrogens is 1. The molecular formula is C12H19BBrN3O. The quantitative estimate of drug-likeness (QED) is 0.656. The van der Waals surface area contributed by atoms with Crippen molar-refractivity contribution >= 4 is 23.9 Å². The van der Waals surface area contributed by atoms with E-state index in [-0.39, 0.29) is 5.60 Å². The molecule has 18 heavy (non-hydrogen) atoms. The normalized spacial score (nSPS) is 41.2. The van der Waals surface area contributed by atoms with Crippen LogP contribution < -0.4 is 4.74 Å². The van der Waals surface area contributed by atoms with Gasteiger partial charge in [-0.2, -0.15) is 4.98 Å². The fraction of sp³-hybridized carbons (Fsp3) is 0.750. The number of imidazole rings is 1. The van der Waals surface area contributed by atoms with E-state index < -0.39 is 0 Å². The molecule has 5 rings (SSSR count). The second-order valence-corrected chi connectivity index (χ2v) is 6.33. The van der Waals surface area contributed by atoms with Crippen molar-refractivity contribution in [2.45, 2.75) is 31.9 Å². The van der Waals surface area contributed by atoms with Gasteiger partial charge in [-0.25, -0.2) is 0 Å². The standard InChI is InChI=1S/C12H19BBrN3O/c1-8-10(14)16-6-12(18-11(16)15-8)7-17(13)4-2-9(12)3-5-17/h9H,2-7H2,1,13H3. The molecule has 0 aliphatic carbocycles. The Morgan fingerprint density at radius 2 is 2.22 bits per heavy atom. The van der Waals surface area contributed by atoms with Gasteiger partial charge in [0, 0.05) is 19.0 Å². The lowest BCUT2D eigenvalue weighted by Crippen LogP contribution is -2.70. The summed E-state index contributed by atoms with van der Waals surface area (Å²) in [6.45, 7) is 7.16. The monoisotopic (exact) mass is 311 g/mol. The molecule has 4 aliphatic rings. The van der Waals surface area contributed by atoms with Gasteiger partial charge in [0.2, 0.25) is 0 Å².